The van der Waals surface area contributed by atoms with Crippen molar-refractivity contribution >= 4 is 0 Å². The maximum absolute atomic E-state index is 12.2. The molecule has 3 aliphatic rings. The Hall–Kier alpha value is -1.20. The van der Waals surface area contributed by atoms with Gasteiger partial charge in [0.1, 0.15) is 0 Å². The molecule has 2 aliphatic heterocycles. The first-order chi connectivity index (χ1) is 11.3. The van der Waals surface area contributed by atoms with Crippen molar-refractivity contribution in [2.45, 2.75) is 57.6 Å². The molecule has 0 amide bonds. The molecule has 4 rings (SSSR count). The molecular weight excluding hydrogens is 290 g/mol. The van der Waals surface area contributed by atoms with Crippen LogP contribution in [-0.4, -0.2) is 47.0 Å². The van der Waals surface area contributed by atoms with Gasteiger partial charge in [-0.3, -0.25) is 4.79 Å². The Balaban J connectivity index is 1.32. The standard InChI is InChI=1S/C18H27N3O2/c22-18-11-15-3-1-5-17(15)19-21(18)12-14-6-8-20(9-7-14)13-16-4-2-10-23-16/h11,14,16H,1-10,12-13H2. The molecule has 126 valence electrons. The summed E-state index contributed by atoms with van der Waals surface area (Å²) in [5.74, 6) is 0.584. The van der Waals surface area contributed by atoms with Gasteiger partial charge in [-0.05, 0) is 69.5 Å². The van der Waals surface area contributed by atoms with E-state index in [4.69, 9.17) is 4.74 Å². The summed E-state index contributed by atoms with van der Waals surface area (Å²) in [5, 5.41) is 4.62. The van der Waals surface area contributed by atoms with E-state index in [1.54, 1.807) is 4.68 Å². The fourth-order valence-electron chi connectivity index (χ4n) is 4.24. The summed E-state index contributed by atoms with van der Waals surface area (Å²) in [6.07, 6.45) is 8.42. The normalized spacial score (nSPS) is 25.8. The number of aryl methyl sites for hydroxylation is 2. The number of rotatable bonds is 4. The lowest BCUT2D eigenvalue weighted by molar-refractivity contribution is 0.0579. The van der Waals surface area contributed by atoms with Crippen LogP contribution in [0.1, 0.15) is 43.4 Å². The van der Waals surface area contributed by atoms with Gasteiger partial charge in [0.05, 0.1) is 11.8 Å². The van der Waals surface area contributed by atoms with Crippen LogP contribution in [0, 0.1) is 5.92 Å². The number of likely N-dealkylation sites (tertiary alicyclic amines) is 1. The second kappa shape index (κ2) is 6.73. The molecule has 0 aromatic carbocycles. The highest BCUT2D eigenvalue weighted by molar-refractivity contribution is 5.22. The molecule has 1 aliphatic carbocycles. The molecule has 0 spiro atoms. The van der Waals surface area contributed by atoms with Gasteiger partial charge in [-0.15, -0.1) is 0 Å². The summed E-state index contributed by atoms with van der Waals surface area (Å²) >= 11 is 0. The lowest BCUT2D eigenvalue weighted by Crippen LogP contribution is -2.40. The number of ether oxygens (including phenoxy) is 1. The lowest BCUT2D eigenvalue weighted by atomic mass is 9.96. The van der Waals surface area contributed by atoms with Crippen molar-refractivity contribution in [3.8, 4) is 0 Å². The highest BCUT2D eigenvalue weighted by Crippen LogP contribution is 2.22. The Morgan fingerprint density at radius 1 is 1.13 bits per heavy atom. The molecule has 1 atom stereocenters. The van der Waals surface area contributed by atoms with E-state index in [0.717, 1.165) is 70.6 Å². The quantitative estimate of drug-likeness (QED) is 0.847. The van der Waals surface area contributed by atoms with Gasteiger partial charge in [-0.2, -0.15) is 5.10 Å². The molecule has 3 heterocycles. The second-order valence-corrected chi connectivity index (χ2v) is 7.37. The molecule has 0 N–H and O–H groups in total. The van der Waals surface area contributed by atoms with Crippen LogP contribution in [0.2, 0.25) is 0 Å². The van der Waals surface area contributed by atoms with Crippen LogP contribution >= 0.6 is 0 Å². The second-order valence-electron chi connectivity index (χ2n) is 7.37. The van der Waals surface area contributed by atoms with Gasteiger partial charge in [0.15, 0.2) is 0 Å². The highest BCUT2D eigenvalue weighted by atomic mass is 16.5. The maximum Gasteiger partial charge on any atom is 0.267 e. The van der Waals surface area contributed by atoms with E-state index in [9.17, 15) is 4.79 Å². The maximum atomic E-state index is 12.2. The topological polar surface area (TPSA) is 47.4 Å². The third kappa shape index (κ3) is 3.50. The third-order valence-corrected chi connectivity index (χ3v) is 5.65. The van der Waals surface area contributed by atoms with E-state index in [-0.39, 0.29) is 5.56 Å². The van der Waals surface area contributed by atoms with Crippen LogP contribution in [0.3, 0.4) is 0 Å². The van der Waals surface area contributed by atoms with Crippen LogP contribution in [0.25, 0.3) is 0 Å². The monoisotopic (exact) mass is 317 g/mol. The first-order valence-electron chi connectivity index (χ1n) is 9.22. The minimum absolute atomic E-state index is 0.0902. The van der Waals surface area contributed by atoms with Gasteiger partial charge in [0.25, 0.3) is 5.56 Å². The fourth-order valence-corrected chi connectivity index (χ4v) is 4.24. The van der Waals surface area contributed by atoms with Crippen LogP contribution in [0.4, 0.5) is 0 Å². The van der Waals surface area contributed by atoms with E-state index in [0.29, 0.717) is 12.0 Å². The molecule has 1 aromatic rings. The zero-order valence-corrected chi connectivity index (χ0v) is 13.9. The Kier molecular flexibility index (Phi) is 4.49. The molecule has 5 nitrogen and oxygen atoms in total. The van der Waals surface area contributed by atoms with Crippen molar-refractivity contribution < 1.29 is 4.74 Å². The van der Waals surface area contributed by atoms with Crippen molar-refractivity contribution in [2.75, 3.05) is 26.2 Å². The van der Waals surface area contributed by atoms with Crippen LogP contribution < -0.4 is 5.56 Å². The summed E-state index contributed by atoms with van der Waals surface area (Å²) in [4.78, 5) is 14.8. The average molecular weight is 317 g/mol. The van der Waals surface area contributed by atoms with E-state index in [1.807, 2.05) is 6.07 Å². The summed E-state index contributed by atoms with van der Waals surface area (Å²) < 4.78 is 7.47. The molecule has 1 unspecified atom stereocenters. The van der Waals surface area contributed by atoms with E-state index in [1.165, 1.54) is 18.4 Å². The van der Waals surface area contributed by atoms with Crippen molar-refractivity contribution in [3.63, 3.8) is 0 Å². The van der Waals surface area contributed by atoms with Gasteiger partial charge >= 0.3 is 0 Å². The number of aromatic nitrogens is 2. The highest BCUT2D eigenvalue weighted by Gasteiger charge is 2.25. The summed E-state index contributed by atoms with van der Waals surface area (Å²) in [5.41, 5.74) is 2.42. The summed E-state index contributed by atoms with van der Waals surface area (Å²) in [6, 6.07) is 1.82. The first kappa shape index (κ1) is 15.3. The van der Waals surface area contributed by atoms with Gasteiger partial charge in [-0.25, -0.2) is 4.68 Å². The molecule has 0 saturated carbocycles. The Morgan fingerprint density at radius 3 is 2.78 bits per heavy atom. The molecule has 2 saturated heterocycles. The molecule has 0 bridgehead atoms. The Bertz CT molecular complexity index is 599. The molecule has 0 radical (unpaired) electrons. The minimum Gasteiger partial charge on any atom is -0.377 e. The number of hydrogen-bond acceptors (Lipinski definition) is 4. The van der Waals surface area contributed by atoms with E-state index in [2.05, 4.69) is 10.00 Å². The van der Waals surface area contributed by atoms with Gasteiger partial charge in [-0.1, -0.05) is 0 Å². The smallest absolute Gasteiger partial charge is 0.267 e. The SMILES string of the molecule is O=c1cc2c(nn1CC1CCN(CC3CCCO3)CC1)CCC2. The van der Waals surface area contributed by atoms with Gasteiger partial charge in [0, 0.05) is 25.8 Å². The van der Waals surface area contributed by atoms with Gasteiger partial charge in [0.2, 0.25) is 0 Å². The lowest BCUT2D eigenvalue weighted by Gasteiger charge is -2.33. The number of fused-ring (bicyclic) bond motifs is 1. The van der Waals surface area contributed by atoms with Gasteiger partial charge < -0.3 is 9.64 Å². The predicted octanol–water partition coefficient (Wildman–Crippen LogP) is 1.62. The molecular formula is C18H27N3O2. The van der Waals surface area contributed by atoms with Crippen molar-refractivity contribution in [1.29, 1.82) is 0 Å². The van der Waals surface area contributed by atoms with Crippen LogP contribution in [0.15, 0.2) is 10.9 Å². The molecule has 2 fully saturated rings. The molecule has 1 aromatic heterocycles. The zero-order valence-electron chi connectivity index (χ0n) is 13.9. The third-order valence-electron chi connectivity index (χ3n) is 5.65. The molecule has 5 heteroatoms. The van der Waals surface area contributed by atoms with Crippen molar-refractivity contribution in [3.05, 3.63) is 27.7 Å². The van der Waals surface area contributed by atoms with Crippen molar-refractivity contribution in [1.82, 2.24) is 14.7 Å². The summed E-state index contributed by atoms with van der Waals surface area (Å²) in [6.45, 7) is 5.08. The Morgan fingerprint density at radius 2 is 2.00 bits per heavy atom. The molecule has 23 heavy (non-hydrogen) atoms. The Labute approximate surface area is 137 Å². The number of piperidine rings is 1. The van der Waals surface area contributed by atoms with Crippen LogP contribution in [-0.2, 0) is 24.1 Å². The van der Waals surface area contributed by atoms with Crippen molar-refractivity contribution in [2.24, 2.45) is 5.92 Å². The first-order valence-corrected chi connectivity index (χ1v) is 9.22. The number of nitrogens with zero attached hydrogens (tertiary/aromatic N) is 3. The predicted molar refractivity (Wildman–Crippen MR) is 88.7 cm³/mol. The fraction of sp³-hybridized carbons (Fsp3) is 0.778. The van der Waals surface area contributed by atoms with Crippen LogP contribution in [0.5, 0.6) is 0 Å². The minimum atomic E-state index is 0.0902. The van der Waals surface area contributed by atoms with E-state index >= 15 is 0 Å². The zero-order chi connectivity index (χ0) is 15.6. The average Bonchev–Trinajstić information content (AvgIpc) is 3.21. The largest absolute Gasteiger partial charge is 0.377 e. The van der Waals surface area contributed by atoms with E-state index < -0.39 is 0 Å². The number of hydrogen-bond donors (Lipinski definition) is 0. The summed E-state index contributed by atoms with van der Waals surface area (Å²) in [7, 11) is 0.